The number of ether oxygens (including phenoxy) is 2. The topological polar surface area (TPSA) is 101 Å². The van der Waals surface area contributed by atoms with Crippen molar-refractivity contribution in [2.24, 2.45) is 0 Å². The number of carbonyl (C=O) groups excluding carboxylic acids is 2. The molecule has 0 heterocycles. The van der Waals surface area contributed by atoms with Crippen molar-refractivity contribution in [1.82, 2.24) is 10.6 Å². The van der Waals surface area contributed by atoms with Gasteiger partial charge in [0.15, 0.2) is 0 Å². The van der Waals surface area contributed by atoms with E-state index in [1.807, 2.05) is 19.9 Å². The monoisotopic (exact) mass is 369 g/mol. The first-order chi connectivity index (χ1) is 13.0. The van der Waals surface area contributed by atoms with Gasteiger partial charge in [-0.3, -0.25) is 10.7 Å². The van der Waals surface area contributed by atoms with Gasteiger partial charge in [-0.25, -0.2) is 9.59 Å². The molecule has 7 nitrogen and oxygen atoms in total. The van der Waals surface area contributed by atoms with E-state index in [0.29, 0.717) is 16.9 Å². The number of para-hydroxylation sites is 1. The van der Waals surface area contributed by atoms with Crippen LogP contribution in [0.15, 0.2) is 54.6 Å². The molecule has 0 radical (unpaired) electrons. The Labute approximate surface area is 158 Å². The van der Waals surface area contributed by atoms with Crippen molar-refractivity contribution in [3.05, 3.63) is 65.7 Å². The SMILES string of the molecule is CCC(C)NC(=O)OCc1cccc(C(=N)NC(=O)Oc2ccccc2)c1. The maximum Gasteiger partial charge on any atom is 0.418 e. The lowest BCUT2D eigenvalue weighted by molar-refractivity contribution is 0.136. The Morgan fingerprint density at radius 1 is 1.07 bits per heavy atom. The highest BCUT2D eigenvalue weighted by Crippen LogP contribution is 2.10. The zero-order valence-electron chi connectivity index (χ0n) is 15.3. The van der Waals surface area contributed by atoms with Crippen LogP contribution in [0.2, 0.25) is 0 Å². The zero-order valence-corrected chi connectivity index (χ0v) is 15.3. The Balaban J connectivity index is 1.89. The number of rotatable bonds is 6. The predicted octanol–water partition coefficient (Wildman–Crippen LogP) is 3.83. The summed E-state index contributed by atoms with van der Waals surface area (Å²) in [4.78, 5) is 23.5. The second-order valence-electron chi connectivity index (χ2n) is 5.93. The second-order valence-corrected chi connectivity index (χ2v) is 5.93. The van der Waals surface area contributed by atoms with Gasteiger partial charge in [-0.2, -0.15) is 0 Å². The van der Waals surface area contributed by atoms with E-state index in [0.717, 1.165) is 6.42 Å². The fourth-order valence-electron chi connectivity index (χ4n) is 2.11. The van der Waals surface area contributed by atoms with Crippen molar-refractivity contribution in [2.45, 2.75) is 32.9 Å². The molecule has 2 rings (SSSR count). The molecular weight excluding hydrogens is 346 g/mol. The molecule has 0 fully saturated rings. The second kappa shape index (κ2) is 9.96. The molecule has 142 valence electrons. The molecule has 0 aliphatic rings. The average molecular weight is 369 g/mol. The summed E-state index contributed by atoms with van der Waals surface area (Å²) < 4.78 is 10.3. The van der Waals surface area contributed by atoms with Crippen LogP contribution in [-0.4, -0.2) is 24.1 Å². The lowest BCUT2D eigenvalue weighted by Crippen LogP contribution is -2.33. The fraction of sp³-hybridized carbons (Fsp3) is 0.250. The smallest absolute Gasteiger partial charge is 0.418 e. The number of hydrogen-bond donors (Lipinski definition) is 3. The van der Waals surface area contributed by atoms with Gasteiger partial charge in [0.05, 0.1) is 0 Å². The van der Waals surface area contributed by atoms with Gasteiger partial charge in [0.2, 0.25) is 0 Å². The number of benzene rings is 2. The Morgan fingerprint density at radius 2 is 1.81 bits per heavy atom. The zero-order chi connectivity index (χ0) is 19.6. The van der Waals surface area contributed by atoms with Gasteiger partial charge < -0.3 is 14.8 Å². The van der Waals surface area contributed by atoms with Gasteiger partial charge in [-0.05, 0) is 37.1 Å². The van der Waals surface area contributed by atoms with Crippen molar-refractivity contribution < 1.29 is 19.1 Å². The summed E-state index contributed by atoms with van der Waals surface area (Å²) in [7, 11) is 0. The molecule has 0 aliphatic heterocycles. The molecule has 2 aromatic rings. The van der Waals surface area contributed by atoms with Gasteiger partial charge >= 0.3 is 12.2 Å². The van der Waals surface area contributed by atoms with Gasteiger partial charge in [0, 0.05) is 11.6 Å². The van der Waals surface area contributed by atoms with Crippen LogP contribution in [0.3, 0.4) is 0 Å². The van der Waals surface area contributed by atoms with Gasteiger partial charge in [0.25, 0.3) is 0 Å². The number of carbonyl (C=O) groups is 2. The Morgan fingerprint density at radius 3 is 2.52 bits per heavy atom. The Kier molecular flexibility index (Phi) is 7.37. The van der Waals surface area contributed by atoms with Crippen LogP contribution in [0.1, 0.15) is 31.4 Å². The summed E-state index contributed by atoms with van der Waals surface area (Å²) in [6.45, 7) is 3.93. The first-order valence-corrected chi connectivity index (χ1v) is 8.63. The van der Waals surface area contributed by atoms with E-state index in [1.54, 1.807) is 48.5 Å². The van der Waals surface area contributed by atoms with Crippen LogP contribution in [0.5, 0.6) is 5.75 Å². The molecule has 0 aromatic heterocycles. The number of nitrogens with one attached hydrogen (secondary N) is 3. The van der Waals surface area contributed by atoms with E-state index in [-0.39, 0.29) is 18.5 Å². The summed E-state index contributed by atoms with van der Waals surface area (Å²) in [6, 6.07) is 15.5. The molecule has 2 amide bonds. The highest BCUT2D eigenvalue weighted by molar-refractivity contribution is 6.04. The predicted molar refractivity (Wildman–Crippen MR) is 102 cm³/mol. The van der Waals surface area contributed by atoms with Gasteiger partial charge in [-0.15, -0.1) is 0 Å². The first-order valence-electron chi connectivity index (χ1n) is 8.63. The molecule has 0 aliphatic carbocycles. The molecule has 7 heteroatoms. The molecule has 2 aromatic carbocycles. The third-order valence-corrected chi connectivity index (χ3v) is 3.74. The van der Waals surface area contributed by atoms with Crippen LogP contribution in [0.25, 0.3) is 0 Å². The minimum Gasteiger partial charge on any atom is -0.445 e. The van der Waals surface area contributed by atoms with Crippen molar-refractivity contribution in [1.29, 1.82) is 5.41 Å². The summed E-state index contributed by atoms with van der Waals surface area (Å²) >= 11 is 0. The molecular formula is C20H23N3O4. The highest BCUT2D eigenvalue weighted by atomic mass is 16.6. The standard InChI is InChI=1S/C20H23N3O4/c1-3-14(2)22-19(24)26-13-15-8-7-9-16(12-15)18(21)23-20(25)27-17-10-5-4-6-11-17/h4-12,14H,3,13H2,1-2H3,(H,22,24)(H2,21,23,25). The van der Waals surface area contributed by atoms with E-state index in [9.17, 15) is 9.59 Å². The molecule has 1 unspecified atom stereocenters. The molecule has 0 saturated carbocycles. The average Bonchev–Trinajstić information content (AvgIpc) is 2.67. The molecule has 0 spiro atoms. The molecule has 0 bridgehead atoms. The summed E-state index contributed by atoms with van der Waals surface area (Å²) in [5, 5.41) is 13.1. The summed E-state index contributed by atoms with van der Waals surface area (Å²) in [5.41, 5.74) is 1.18. The number of hydrogen-bond acceptors (Lipinski definition) is 5. The van der Waals surface area contributed by atoms with Crippen LogP contribution >= 0.6 is 0 Å². The largest absolute Gasteiger partial charge is 0.445 e. The van der Waals surface area contributed by atoms with Crippen molar-refractivity contribution in [3.63, 3.8) is 0 Å². The fourth-order valence-corrected chi connectivity index (χ4v) is 2.11. The molecule has 3 N–H and O–H groups in total. The summed E-state index contributed by atoms with van der Waals surface area (Å²) in [5.74, 6) is 0.277. The Bertz CT molecular complexity index is 793. The minimum absolute atomic E-state index is 0.0387. The Hall–Kier alpha value is -3.35. The molecule has 0 saturated heterocycles. The maximum atomic E-state index is 11.9. The maximum absolute atomic E-state index is 11.9. The lowest BCUT2D eigenvalue weighted by Gasteiger charge is -2.12. The van der Waals surface area contributed by atoms with Crippen LogP contribution < -0.4 is 15.4 Å². The van der Waals surface area contributed by atoms with E-state index in [4.69, 9.17) is 14.9 Å². The third-order valence-electron chi connectivity index (χ3n) is 3.74. The van der Waals surface area contributed by atoms with Gasteiger partial charge in [0.1, 0.15) is 18.2 Å². The van der Waals surface area contributed by atoms with Crippen LogP contribution in [0, 0.1) is 5.41 Å². The van der Waals surface area contributed by atoms with E-state index >= 15 is 0 Å². The normalized spacial score (nSPS) is 11.2. The number of alkyl carbamates (subject to hydrolysis) is 1. The number of amidine groups is 1. The number of amides is 2. The molecule has 27 heavy (non-hydrogen) atoms. The van der Waals surface area contributed by atoms with Gasteiger partial charge in [-0.1, -0.05) is 43.3 Å². The minimum atomic E-state index is -0.749. The van der Waals surface area contributed by atoms with Crippen molar-refractivity contribution >= 4 is 18.0 Å². The highest BCUT2D eigenvalue weighted by Gasteiger charge is 2.11. The van der Waals surface area contributed by atoms with Crippen LogP contribution in [-0.2, 0) is 11.3 Å². The van der Waals surface area contributed by atoms with E-state index in [2.05, 4.69) is 10.6 Å². The summed E-state index contributed by atoms with van der Waals surface area (Å²) in [6.07, 6.45) is -0.429. The molecule has 1 atom stereocenters. The lowest BCUT2D eigenvalue weighted by atomic mass is 10.1. The van der Waals surface area contributed by atoms with Crippen LogP contribution in [0.4, 0.5) is 9.59 Å². The van der Waals surface area contributed by atoms with E-state index in [1.165, 1.54) is 0 Å². The quantitative estimate of drug-likeness (QED) is 0.532. The van der Waals surface area contributed by atoms with Crippen molar-refractivity contribution in [3.8, 4) is 5.75 Å². The van der Waals surface area contributed by atoms with E-state index < -0.39 is 12.2 Å². The first kappa shape index (κ1) is 20.0. The third kappa shape index (κ3) is 6.81. The van der Waals surface area contributed by atoms with Crippen molar-refractivity contribution in [2.75, 3.05) is 0 Å².